The van der Waals surface area contributed by atoms with Gasteiger partial charge >= 0.3 is 0 Å². The summed E-state index contributed by atoms with van der Waals surface area (Å²) >= 11 is 0. The Morgan fingerprint density at radius 2 is 2.15 bits per heavy atom. The van der Waals surface area contributed by atoms with E-state index in [1.54, 1.807) is 24.3 Å². The molecule has 0 saturated carbocycles. The predicted molar refractivity (Wildman–Crippen MR) is 75.4 cm³/mol. The Labute approximate surface area is 115 Å². The summed E-state index contributed by atoms with van der Waals surface area (Å²) in [7, 11) is 0. The first-order valence-corrected chi connectivity index (χ1v) is 6.10. The van der Waals surface area contributed by atoms with Crippen molar-refractivity contribution in [1.82, 2.24) is 15.5 Å². The Balaban J connectivity index is 2.14. The fraction of sp³-hybridized carbons (Fsp3) is 0.154. The average Bonchev–Trinajstić information content (AvgIpc) is 2.85. The van der Waals surface area contributed by atoms with E-state index < -0.39 is 5.91 Å². The van der Waals surface area contributed by atoms with Crippen LogP contribution in [-0.2, 0) is 0 Å². The van der Waals surface area contributed by atoms with Gasteiger partial charge in [-0.15, -0.1) is 0 Å². The summed E-state index contributed by atoms with van der Waals surface area (Å²) in [6, 6.07) is 6.64. The van der Waals surface area contributed by atoms with Gasteiger partial charge in [-0.05, 0) is 25.1 Å². The van der Waals surface area contributed by atoms with E-state index >= 15 is 0 Å². The number of hydrogen-bond donors (Lipinski definition) is 4. The minimum Gasteiger partial charge on any atom is -0.396 e. The highest BCUT2D eigenvalue weighted by atomic mass is 16.2. The summed E-state index contributed by atoms with van der Waals surface area (Å²) < 4.78 is 0. The first-order chi connectivity index (χ1) is 9.61. The molecule has 7 heteroatoms. The maximum Gasteiger partial charge on any atom is 0.275 e. The molecule has 0 aliphatic rings. The van der Waals surface area contributed by atoms with Crippen molar-refractivity contribution < 1.29 is 9.59 Å². The molecular weight excluding hydrogens is 258 g/mol. The van der Waals surface area contributed by atoms with E-state index in [9.17, 15) is 9.59 Å². The van der Waals surface area contributed by atoms with Crippen LogP contribution in [0, 0.1) is 0 Å². The van der Waals surface area contributed by atoms with E-state index in [0.29, 0.717) is 17.8 Å². The van der Waals surface area contributed by atoms with E-state index in [-0.39, 0.29) is 17.3 Å². The summed E-state index contributed by atoms with van der Waals surface area (Å²) in [6.45, 7) is 2.38. The molecule has 0 aliphatic heterocycles. The molecule has 0 saturated heterocycles. The fourth-order valence-electron chi connectivity index (χ4n) is 1.67. The lowest BCUT2D eigenvalue weighted by Gasteiger charge is -2.07. The van der Waals surface area contributed by atoms with E-state index in [1.807, 2.05) is 6.92 Å². The molecule has 1 aromatic carbocycles. The van der Waals surface area contributed by atoms with Crippen molar-refractivity contribution in [2.75, 3.05) is 17.6 Å². The Morgan fingerprint density at radius 1 is 1.35 bits per heavy atom. The monoisotopic (exact) mass is 273 g/mol. The number of carbonyl (C=O) groups excluding carboxylic acids is 2. The third kappa shape index (κ3) is 2.94. The molecule has 0 aliphatic carbocycles. The van der Waals surface area contributed by atoms with Crippen molar-refractivity contribution in [1.29, 1.82) is 0 Å². The highest BCUT2D eigenvalue weighted by Crippen LogP contribution is 2.13. The second-order valence-electron chi connectivity index (χ2n) is 4.09. The highest BCUT2D eigenvalue weighted by molar-refractivity contribution is 6.06. The van der Waals surface area contributed by atoms with Crippen LogP contribution < -0.4 is 16.4 Å². The zero-order chi connectivity index (χ0) is 14.5. The van der Waals surface area contributed by atoms with Gasteiger partial charge in [0.2, 0.25) is 0 Å². The number of nitrogens with two attached hydrogens (primary N) is 1. The second kappa shape index (κ2) is 5.87. The van der Waals surface area contributed by atoms with Crippen molar-refractivity contribution >= 4 is 23.2 Å². The van der Waals surface area contributed by atoms with Crippen LogP contribution in [0.15, 0.2) is 30.5 Å². The zero-order valence-electron chi connectivity index (χ0n) is 10.9. The number of aromatic amines is 1. The molecule has 5 N–H and O–H groups in total. The van der Waals surface area contributed by atoms with Gasteiger partial charge in [-0.25, -0.2) is 0 Å². The molecule has 0 spiro atoms. The van der Waals surface area contributed by atoms with Crippen LogP contribution in [0.4, 0.5) is 11.4 Å². The minimum atomic E-state index is -0.409. The molecule has 104 valence electrons. The predicted octanol–water partition coefficient (Wildman–Crippen LogP) is 0.994. The summed E-state index contributed by atoms with van der Waals surface area (Å²) in [5.74, 6) is -0.599. The second-order valence-corrected chi connectivity index (χ2v) is 4.09. The minimum absolute atomic E-state index is 0.188. The maximum atomic E-state index is 11.9. The number of amides is 2. The van der Waals surface area contributed by atoms with Crippen molar-refractivity contribution in [3.63, 3.8) is 0 Å². The maximum absolute atomic E-state index is 11.9. The number of anilines is 2. The van der Waals surface area contributed by atoms with Crippen molar-refractivity contribution in [3.05, 3.63) is 41.7 Å². The quantitative estimate of drug-likeness (QED) is 0.665. The van der Waals surface area contributed by atoms with Gasteiger partial charge in [-0.3, -0.25) is 14.7 Å². The third-order valence-electron chi connectivity index (χ3n) is 2.62. The topological polar surface area (TPSA) is 113 Å². The molecule has 0 bridgehead atoms. The number of rotatable bonds is 4. The first-order valence-electron chi connectivity index (χ1n) is 6.10. The molecule has 0 radical (unpaired) electrons. The van der Waals surface area contributed by atoms with Gasteiger partial charge in [0.25, 0.3) is 11.8 Å². The van der Waals surface area contributed by atoms with Crippen LogP contribution in [0.2, 0.25) is 0 Å². The first kappa shape index (κ1) is 13.6. The van der Waals surface area contributed by atoms with Crippen LogP contribution in [0.3, 0.4) is 0 Å². The number of nitrogen functional groups attached to an aromatic ring is 1. The van der Waals surface area contributed by atoms with E-state index in [2.05, 4.69) is 20.8 Å². The largest absolute Gasteiger partial charge is 0.396 e. The van der Waals surface area contributed by atoms with Crippen molar-refractivity contribution in [2.45, 2.75) is 6.92 Å². The molecule has 2 amide bonds. The number of nitrogens with one attached hydrogen (secondary N) is 3. The molecule has 0 fully saturated rings. The molecule has 1 heterocycles. The Kier molecular flexibility index (Phi) is 3.99. The molecular formula is C13H15N5O2. The van der Waals surface area contributed by atoms with E-state index in [4.69, 9.17) is 5.73 Å². The normalized spacial score (nSPS) is 10.1. The molecule has 2 aromatic rings. The van der Waals surface area contributed by atoms with Crippen LogP contribution in [0.5, 0.6) is 0 Å². The van der Waals surface area contributed by atoms with Gasteiger partial charge in [0, 0.05) is 17.8 Å². The van der Waals surface area contributed by atoms with Gasteiger partial charge in [0.15, 0.2) is 0 Å². The average molecular weight is 273 g/mol. The van der Waals surface area contributed by atoms with Crippen LogP contribution in [0.25, 0.3) is 0 Å². The Hall–Kier alpha value is -2.83. The molecule has 0 atom stereocenters. The van der Waals surface area contributed by atoms with Crippen molar-refractivity contribution in [2.24, 2.45) is 0 Å². The van der Waals surface area contributed by atoms with Crippen LogP contribution in [0.1, 0.15) is 27.8 Å². The number of aromatic nitrogens is 2. The van der Waals surface area contributed by atoms with Gasteiger partial charge in [-0.1, -0.05) is 6.07 Å². The third-order valence-corrected chi connectivity index (χ3v) is 2.62. The van der Waals surface area contributed by atoms with E-state index in [1.165, 1.54) is 6.20 Å². The number of nitrogens with zero attached hydrogens (tertiary/aromatic N) is 1. The van der Waals surface area contributed by atoms with Crippen LogP contribution >= 0.6 is 0 Å². The summed E-state index contributed by atoms with van der Waals surface area (Å²) in [4.78, 5) is 23.6. The zero-order valence-corrected chi connectivity index (χ0v) is 10.9. The SMILES string of the molecule is CCNC(=O)c1cccc(NC(=O)c2[nH]ncc2N)c1. The summed E-state index contributed by atoms with van der Waals surface area (Å²) in [6.07, 6.45) is 1.36. The van der Waals surface area contributed by atoms with Gasteiger partial charge < -0.3 is 16.4 Å². The van der Waals surface area contributed by atoms with E-state index in [0.717, 1.165) is 0 Å². The lowest BCUT2D eigenvalue weighted by Crippen LogP contribution is -2.22. The molecule has 7 nitrogen and oxygen atoms in total. The summed E-state index contributed by atoms with van der Waals surface area (Å²) in [5.41, 5.74) is 7.03. The smallest absolute Gasteiger partial charge is 0.275 e. The lowest BCUT2D eigenvalue weighted by molar-refractivity contribution is 0.0954. The Bertz CT molecular complexity index is 635. The fourth-order valence-corrected chi connectivity index (χ4v) is 1.67. The number of H-pyrrole nitrogens is 1. The standard InChI is InChI=1S/C13H15N5O2/c1-2-15-12(19)8-4-3-5-9(6-8)17-13(20)11-10(14)7-16-18-11/h3-7H,2,14H2,1H3,(H,15,19)(H,16,18)(H,17,20). The molecule has 20 heavy (non-hydrogen) atoms. The number of hydrogen-bond acceptors (Lipinski definition) is 4. The number of benzene rings is 1. The summed E-state index contributed by atoms with van der Waals surface area (Å²) in [5, 5.41) is 11.5. The van der Waals surface area contributed by atoms with Gasteiger partial charge in [-0.2, -0.15) is 5.10 Å². The molecule has 2 rings (SSSR count). The van der Waals surface area contributed by atoms with Gasteiger partial charge in [0.1, 0.15) is 5.69 Å². The van der Waals surface area contributed by atoms with Gasteiger partial charge in [0.05, 0.1) is 11.9 Å². The highest BCUT2D eigenvalue weighted by Gasteiger charge is 2.12. The number of carbonyl (C=O) groups is 2. The van der Waals surface area contributed by atoms with Crippen LogP contribution in [-0.4, -0.2) is 28.6 Å². The Morgan fingerprint density at radius 3 is 2.80 bits per heavy atom. The lowest BCUT2D eigenvalue weighted by atomic mass is 10.2. The van der Waals surface area contributed by atoms with Crippen molar-refractivity contribution in [3.8, 4) is 0 Å². The molecule has 1 aromatic heterocycles. The molecule has 0 unspecified atom stereocenters.